The van der Waals surface area contributed by atoms with Crippen molar-refractivity contribution in [2.24, 2.45) is 0 Å². The average Bonchev–Trinajstić information content (AvgIpc) is 2.40. The summed E-state index contributed by atoms with van der Waals surface area (Å²) in [7, 11) is 0. The van der Waals surface area contributed by atoms with Crippen molar-refractivity contribution in [3.63, 3.8) is 0 Å². The van der Waals surface area contributed by atoms with Gasteiger partial charge in [0.2, 0.25) is 0 Å². The van der Waals surface area contributed by atoms with E-state index >= 15 is 0 Å². The van der Waals surface area contributed by atoms with E-state index in [-0.39, 0.29) is 12.4 Å². The van der Waals surface area contributed by atoms with Crippen molar-refractivity contribution < 1.29 is 13.9 Å². The molecule has 0 bridgehead atoms. The molecule has 100 valence electrons. The molecule has 0 fully saturated rings. The number of nitrogen functional groups attached to an aromatic ring is 1. The Morgan fingerprint density at radius 2 is 1.63 bits per heavy atom. The van der Waals surface area contributed by atoms with Crippen LogP contribution < -0.4 is 15.2 Å². The SMILES string of the molecule is CCOc1ccc(OCc2c(N)cccc2F)cc1. The Bertz CT molecular complexity index is 520. The van der Waals surface area contributed by atoms with Crippen LogP contribution >= 0.6 is 0 Å². The Hall–Kier alpha value is -2.23. The van der Waals surface area contributed by atoms with Gasteiger partial charge < -0.3 is 15.2 Å². The zero-order valence-electron chi connectivity index (χ0n) is 10.7. The zero-order chi connectivity index (χ0) is 13.7. The zero-order valence-corrected chi connectivity index (χ0v) is 10.7. The first-order valence-electron chi connectivity index (χ1n) is 6.09. The van der Waals surface area contributed by atoms with E-state index in [1.807, 2.05) is 19.1 Å². The Morgan fingerprint density at radius 1 is 1.00 bits per heavy atom. The van der Waals surface area contributed by atoms with Crippen molar-refractivity contribution in [2.45, 2.75) is 13.5 Å². The van der Waals surface area contributed by atoms with Crippen molar-refractivity contribution in [1.29, 1.82) is 0 Å². The third-order valence-electron chi connectivity index (χ3n) is 2.67. The maximum absolute atomic E-state index is 13.5. The molecule has 0 aliphatic carbocycles. The van der Waals surface area contributed by atoms with Gasteiger partial charge in [0.25, 0.3) is 0 Å². The predicted octanol–water partition coefficient (Wildman–Crippen LogP) is 3.39. The van der Waals surface area contributed by atoms with Crippen LogP contribution in [0.25, 0.3) is 0 Å². The monoisotopic (exact) mass is 261 g/mol. The minimum absolute atomic E-state index is 0.104. The van der Waals surface area contributed by atoms with Gasteiger partial charge in [0.15, 0.2) is 0 Å². The third-order valence-corrected chi connectivity index (χ3v) is 2.67. The van der Waals surface area contributed by atoms with Crippen molar-refractivity contribution in [2.75, 3.05) is 12.3 Å². The van der Waals surface area contributed by atoms with Gasteiger partial charge in [-0.25, -0.2) is 4.39 Å². The summed E-state index contributed by atoms with van der Waals surface area (Å²) in [5.41, 5.74) is 6.48. The predicted molar refractivity (Wildman–Crippen MR) is 72.8 cm³/mol. The molecule has 3 nitrogen and oxygen atoms in total. The molecule has 0 heterocycles. The summed E-state index contributed by atoms with van der Waals surface area (Å²) in [5.74, 6) is 1.07. The fraction of sp³-hybridized carbons (Fsp3) is 0.200. The molecule has 2 aromatic carbocycles. The minimum atomic E-state index is -0.356. The van der Waals surface area contributed by atoms with Gasteiger partial charge in [-0.05, 0) is 43.3 Å². The molecule has 0 saturated carbocycles. The molecule has 2 N–H and O–H groups in total. The fourth-order valence-electron chi connectivity index (χ4n) is 1.68. The second kappa shape index (κ2) is 6.09. The van der Waals surface area contributed by atoms with E-state index in [0.29, 0.717) is 23.6 Å². The van der Waals surface area contributed by atoms with Gasteiger partial charge in [-0.1, -0.05) is 6.07 Å². The van der Waals surface area contributed by atoms with Crippen LogP contribution in [-0.4, -0.2) is 6.61 Å². The van der Waals surface area contributed by atoms with Crippen molar-refractivity contribution in [1.82, 2.24) is 0 Å². The van der Waals surface area contributed by atoms with Gasteiger partial charge in [0.1, 0.15) is 23.9 Å². The third kappa shape index (κ3) is 3.37. The lowest BCUT2D eigenvalue weighted by Gasteiger charge is -2.10. The van der Waals surface area contributed by atoms with Crippen LogP contribution in [0.2, 0.25) is 0 Å². The van der Waals surface area contributed by atoms with Gasteiger partial charge in [-0.2, -0.15) is 0 Å². The Labute approximate surface area is 111 Å². The number of hydrogen-bond donors (Lipinski definition) is 1. The molecular formula is C15H16FNO2. The van der Waals surface area contributed by atoms with Crippen LogP contribution in [0.15, 0.2) is 42.5 Å². The van der Waals surface area contributed by atoms with Crippen molar-refractivity contribution >= 4 is 5.69 Å². The standard InChI is InChI=1S/C15H16FNO2/c1-2-18-11-6-8-12(9-7-11)19-10-13-14(16)4-3-5-15(13)17/h3-9H,2,10,17H2,1H3. The molecule has 2 rings (SSSR count). The van der Waals surface area contributed by atoms with E-state index in [2.05, 4.69) is 0 Å². The lowest BCUT2D eigenvalue weighted by atomic mass is 10.2. The average molecular weight is 261 g/mol. The topological polar surface area (TPSA) is 44.5 Å². The molecule has 0 radical (unpaired) electrons. The molecule has 19 heavy (non-hydrogen) atoms. The van der Waals surface area contributed by atoms with E-state index in [4.69, 9.17) is 15.2 Å². The molecule has 0 amide bonds. The quantitative estimate of drug-likeness (QED) is 0.839. The summed E-state index contributed by atoms with van der Waals surface area (Å²) in [6.45, 7) is 2.64. The molecule has 4 heteroatoms. The molecule has 0 aromatic heterocycles. The maximum atomic E-state index is 13.5. The summed E-state index contributed by atoms with van der Waals surface area (Å²) >= 11 is 0. The molecular weight excluding hydrogens is 245 g/mol. The molecule has 0 spiro atoms. The van der Waals surface area contributed by atoms with E-state index in [0.717, 1.165) is 5.75 Å². The molecule has 0 atom stereocenters. The maximum Gasteiger partial charge on any atom is 0.131 e. The number of hydrogen-bond acceptors (Lipinski definition) is 3. The lowest BCUT2D eigenvalue weighted by molar-refractivity contribution is 0.299. The first-order valence-corrected chi connectivity index (χ1v) is 6.09. The van der Waals surface area contributed by atoms with Crippen LogP contribution in [-0.2, 0) is 6.61 Å². The molecule has 0 saturated heterocycles. The first-order chi connectivity index (χ1) is 9.20. The number of nitrogens with two attached hydrogens (primary N) is 1. The van der Waals surface area contributed by atoms with Gasteiger partial charge in [0, 0.05) is 11.3 Å². The van der Waals surface area contributed by atoms with Gasteiger partial charge in [0.05, 0.1) is 6.61 Å². The number of benzene rings is 2. The van der Waals surface area contributed by atoms with Crippen molar-refractivity contribution in [3.8, 4) is 11.5 Å². The van der Waals surface area contributed by atoms with E-state index in [1.54, 1.807) is 24.3 Å². The van der Waals surface area contributed by atoms with E-state index in [1.165, 1.54) is 6.07 Å². The Morgan fingerprint density at radius 3 is 2.21 bits per heavy atom. The highest BCUT2D eigenvalue weighted by molar-refractivity contribution is 5.47. The highest BCUT2D eigenvalue weighted by Crippen LogP contribution is 2.21. The fourth-order valence-corrected chi connectivity index (χ4v) is 1.68. The molecule has 0 aliphatic rings. The van der Waals surface area contributed by atoms with Crippen LogP contribution in [0.3, 0.4) is 0 Å². The number of anilines is 1. The van der Waals surface area contributed by atoms with Crippen LogP contribution in [0.5, 0.6) is 11.5 Å². The van der Waals surface area contributed by atoms with Crippen molar-refractivity contribution in [3.05, 3.63) is 53.8 Å². The number of halogens is 1. The summed E-state index contributed by atoms with van der Waals surface area (Å²) in [6.07, 6.45) is 0. The van der Waals surface area contributed by atoms with E-state index < -0.39 is 0 Å². The summed E-state index contributed by atoms with van der Waals surface area (Å²) in [4.78, 5) is 0. The second-order valence-corrected chi connectivity index (χ2v) is 4.00. The second-order valence-electron chi connectivity index (χ2n) is 4.00. The smallest absolute Gasteiger partial charge is 0.131 e. The molecule has 0 aliphatic heterocycles. The lowest BCUT2D eigenvalue weighted by Crippen LogP contribution is -2.03. The number of rotatable bonds is 5. The normalized spacial score (nSPS) is 10.2. The van der Waals surface area contributed by atoms with E-state index in [9.17, 15) is 4.39 Å². The van der Waals surface area contributed by atoms with Gasteiger partial charge in [-0.3, -0.25) is 0 Å². The number of ether oxygens (including phenoxy) is 2. The summed E-state index contributed by atoms with van der Waals surface area (Å²) < 4.78 is 24.4. The van der Waals surface area contributed by atoms with Crippen LogP contribution in [0, 0.1) is 5.82 Å². The summed E-state index contributed by atoms with van der Waals surface area (Å²) in [6, 6.07) is 11.8. The first kappa shape index (κ1) is 13.2. The molecule has 0 unspecified atom stereocenters. The Kier molecular flexibility index (Phi) is 4.23. The van der Waals surface area contributed by atoms with Gasteiger partial charge >= 0.3 is 0 Å². The van der Waals surface area contributed by atoms with Crippen LogP contribution in [0.4, 0.5) is 10.1 Å². The summed E-state index contributed by atoms with van der Waals surface area (Å²) in [5, 5.41) is 0. The van der Waals surface area contributed by atoms with Crippen LogP contribution in [0.1, 0.15) is 12.5 Å². The largest absolute Gasteiger partial charge is 0.494 e. The highest BCUT2D eigenvalue weighted by atomic mass is 19.1. The van der Waals surface area contributed by atoms with Gasteiger partial charge in [-0.15, -0.1) is 0 Å². The highest BCUT2D eigenvalue weighted by Gasteiger charge is 2.06. The molecule has 2 aromatic rings. The minimum Gasteiger partial charge on any atom is -0.494 e. The Balaban J connectivity index is 2.02.